The number of anilines is 1. The first-order chi connectivity index (χ1) is 9.29. The van der Waals surface area contributed by atoms with Crippen LogP contribution < -0.4 is 5.32 Å². The Morgan fingerprint density at radius 3 is 2.84 bits per heavy atom. The predicted octanol–water partition coefficient (Wildman–Crippen LogP) is 3.58. The third kappa shape index (κ3) is 2.06. The highest BCUT2D eigenvalue weighted by Crippen LogP contribution is 2.36. The SMILES string of the molecule is C=CCc1cccc2c1-c1ccccc1CC(=O)N2. The Kier molecular flexibility index (Phi) is 2.92. The van der Waals surface area contributed by atoms with Crippen molar-refractivity contribution in [2.45, 2.75) is 12.8 Å². The molecule has 0 spiro atoms. The molecule has 3 rings (SSSR count). The number of rotatable bonds is 2. The quantitative estimate of drug-likeness (QED) is 0.810. The Bertz CT molecular complexity index is 658. The predicted molar refractivity (Wildman–Crippen MR) is 78.1 cm³/mol. The summed E-state index contributed by atoms with van der Waals surface area (Å²) in [5.74, 6) is 0.0435. The number of fused-ring (bicyclic) bond motifs is 3. The van der Waals surface area contributed by atoms with Crippen molar-refractivity contribution in [3.63, 3.8) is 0 Å². The summed E-state index contributed by atoms with van der Waals surface area (Å²) >= 11 is 0. The van der Waals surface area contributed by atoms with Crippen LogP contribution in [0, 0.1) is 0 Å². The van der Waals surface area contributed by atoms with E-state index in [0.29, 0.717) is 6.42 Å². The molecule has 0 bridgehead atoms. The molecule has 0 saturated heterocycles. The van der Waals surface area contributed by atoms with Crippen molar-refractivity contribution >= 4 is 11.6 Å². The zero-order valence-corrected chi connectivity index (χ0v) is 10.6. The number of carbonyl (C=O) groups excluding carboxylic acids is 1. The standard InChI is InChI=1S/C17H15NO/c1-2-6-12-8-5-10-15-17(12)14-9-4-3-7-13(14)11-16(19)18-15/h2-5,7-10H,1,6,11H2,(H,18,19). The van der Waals surface area contributed by atoms with E-state index in [-0.39, 0.29) is 5.91 Å². The van der Waals surface area contributed by atoms with E-state index in [9.17, 15) is 4.79 Å². The van der Waals surface area contributed by atoms with Gasteiger partial charge >= 0.3 is 0 Å². The Hall–Kier alpha value is -2.35. The largest absolute Gasteiger partial charge is 0.325 e. The lowest BCUT2D eigenvalue weighted by Gasteiger charge is -2.13. The van der Waals surface area contributed by atoms with Crippen LogP contribution in [0.4, 0.5) is 5.69 Å². The first-order valence-corrected chi connectivity index (χ1v) is 6.40. The Labute approximate surface area is 112 Å². The van der Waals surface area contributed by atoms with Crippen LogP contribution in [0.1, 0.15) is 11.1 Å². The molecule has 1 aliphatic heterocycles. The number of hydrogen-bond acceptors (Lipinski definition) is 1. The van der Waals surface area contributed by atoms with Gasteiger partial charge in [0.15, 0.2) is 0 Å². The van der Waals surface area contributed by atoms with Gasteiger partial charge in [0, 0.05) is 11.3 Å². The molecule has 0 aromatic heterocycles. The minimum Gasteiger partial charge on any atom is -0.325 e. The van der Waals surface area contributed by atoms with Gasteiger partial charge in [-0.15, -0.1) is 6.58 Å². The lowest BCUT2D eigenvalue weighted by atomic mass is 9.92. The highest BCUT2D eigenvalue weighted by Gasteiger charge is 2.19. The van der Waals surface area contributed by atoms with E-state index in [0.717, 1.165) is 28.8 Å². The molecular weight excluding hydrogens is 234 g/mol. The van der Waals surface area contributed by atoms with E-state index in [1.165, 1.54) is 5.56 Å². The molecule has 2 nitrogen and oxygen atoms in total. The lowest BCUT2D eigenvalue weighted by Crippen LogP contribution is -2.12. The maximum Gasteiger partial charge on any atom is 0.228 e. The van der Waals surface area contributed by atoms with Crippen LogP contribution in [0.3, 0.4) is 0 Å². The smallest absolute Gasteiger partial charge is 0.228 e. The van der Waals surface area contributed by atoms with Crippen molar-refractivity contribution in [2.75, 3.05) is 5.32 Å². The van der Waals surface area contributed by atoms with Crippen molar-refractivity contribution in [3.05, 3.63) is 66.2 Å². The van der Waals surface area contributed by atoms with Gasteiger partial charge in [0.1, 0.15) is 0 Å². The second-order valence-corrected chi connectivity index (χ2v) is 4.71. The molecule has 0 unspecified atom stereocenters. The molecule has 1 N–H and O–H groups in total. The Morgan fingerprint density at radius 2 is 2.00 bits per heavy atom. The van der Waals surface area contributed by atoms with Crippen molar-refractivity contribution in [3.8, 4) is 11.1 Å². The molecule has 2 aromatic rings. The van der Waals surface area contributed by atoms with E-state index >= 15 is 0 Å². The summed E-state index contributed by atoms with van der Waals surface area (Å²) in [5, 5.41) is 2.99. The maximum atomic E-state index is 11.9. The van der Waals surface area contributed by atoms with Crippen LogP contribution in [0.5, 0.6) is 0 Å². The second-order valence-electron chi connectivity index (χ2n) is 4.71. The van der Waals surface area contributed by atoms with Gasteiger partial charge < -0.3 is 5.32 Å². The zero-order chi connectivity index (χ0) is 13.2. The molecule has 19 heavy (non-hydrogen) atoms. The third-order valence-electron chi connectivity index (χ3n) is 3.43. The van der Waals surface area contributed by atoms with Crippen LogP contribution in [0.15, 0.2) is 55.1 Å². The number of hydrogen-bond donors (Lipinski definition) is 1. The van der Waals surface area contributed by atoms with E-state index in [2.05, 4.69) is 24.0 Å². The summed E-state index contributed by atoms with van der Waals surface area (Å²) in [7, 11) is 0. The van der Waals surface area contributed by atoms with Crippen molar-refractivity contribution in [1.82, 2.24) is 0 Å². The summed E-state index contributed by atoms with van der Waals surface area (Å²) in [6, 6.07) is 14.1. The van der Waals surface area contributed by atoms with Crippen LogP contribution in [0.25, 0.3) is 11.1 Å². The van der Waals surface area contributed by atoms with Crippen LogP contribution in [0.2, 0.25) is 0 Å². The number of benzene rings is 2. The molecule has 0 fully saturated rings. The summed E-state index contributed by atoms with van der Waals surface area (Å²) in [6.07, 6.45) is 3.12. The van der Waals surface area contributed by atoms with Gasteiger partial charge in [-0.3, -0.25) is 4.79 Å². The molecule has 1 amide bonds. The third-order valence-corrected chi connectivity index (χ3v) is 3.43. The fourth-order valence-electron chi connectivity index (χ4n) is 2.63. The minimum atomic E-state index is 0.0435. The lowest BCUT2D eigenvalue weighted by molar-refractivity contribution is -0.115. The molecule has 1 aliphatic rings. The fourth-order valence-corrected chi connectivity index (χ4v) is 2.63. The molecular formula is C17H15NO. The van der Waals surface area contributed by atoms with Crippen molar-refractivity contribution in [1.29, 1.82) is 0 Å². The monoisotopic (exact) mass is 249 g/mol. The normalized spacial score (nSPS) is 12.9. The molecule has 2 aromatic carbocycles. The van der Waals surface area contributed by atoms with E-state index in [4.69, 9.17) is 0 Å². The van der Waals surface area contributed by atoms with E-state index in [1.807, 2.05) is 36.4 Å². The van der Waals surface area contributed by atoms with Crippen molar-refractivity contribution < 1.29 is 4.79 Å². The fraction of sp³-hybridized carbons (Fsp3) is 0.118. The maximum absolute atomic E-state index is 11.9. The summed E-state index contributed by atoms with van der Waals surface area (Å²) in [6.45, 7) is 3.81. The molecule has 0 atom stereocenters. The van der Waals surface area contributed by atoms with Gasteiger partial charge in [-0.05, 0) is 29.2 Å². The van der Waals surface area contributed by atoms with Crippen molar-refractivity contribution in [2.24, 2.45) is 0 Å². The van der Waals surface area contributed by atoms with Gasteiger partial charge in [-0.1, -0.05) is 42.5 Å². The summed E-state index contributed by atoms with van der Waals surface area (Å²) in [4.78, 5) is 11.9. The first kappa shape index (κ1) is 11.7. The molecule has 94 valence electrons. The van der Waals surface area contributed by atoms with E-state index in [1.54, 1.807) is 0 Å². The molecule has 0 saturated carbocycles. The zero-order valence-electron chi connectivity index (χ0n) is 10.6. The van der Waals surface area contributed by atoms with Crippen LogP contribution >= 0.6 is 0 Å². The van der Waals surface area contributed by atoms with Gasteiger partial charge in [-0.25, -0.2) is 0 Å². The molecule has 0 radical (unpaired) electrons. The average molecular weight is 249 g/mol. The topological polar surface area (TPSA) is 29.1 Å². The summed E-state index contributed by atoms with van der Waals surface area (Å²) in [5.41, 5.74) is 5.45. The number of amides is 1. The molecule has 1 heterocycles. The van der Waals surface area contributed by atoms with Crippen LogP contribution in [-0.2, 0) is 17.6 Å². The Balaban J connectivity index is 2.30. The Morgan fingerprint density at radius 1 is 1.16 bits per heavy atom. The number of carbonyl (C=O) groups is 1. The first-order valence-electron chi connectivity index (χ1n) is 6.40. The number of allylic oxidation sites excluding steroid dienone is 1. The van der Waals surface area contributed by atoms with Gasteiger partial charge in [0.25, 0.3) is 0 Å². The van der Waals surface area contributed by atoms with Gasteiger partial charge in [0.2, 0.25) is 5.91 Å². The number of nitrogens with one attached hydrogen (secondary N) is 1. The molecule has 0 aliphatic carbocycles. The van der Waals surface area contributed by atoms with E-state index < -0.39 is 0 Å². The molecule has 2 heteroatoms. The average Bonchev–Trinajstić information content (AvgIpc) is 2.54. The summed E-state index contributed by atoms with van der Waals surface area (Å²) < 4.78 is 0. The highest BCUT2D eigenvalue weighted by molar-refractivity contribution is 6.01. The highest BCUT2D eigenvalue weighted by atomic mass is 16.1. The minimum absolute atomic E-state index is 0.0435. The second kappa shape index (κ2) is 4.73. The van der Waals surface area contributed by atoms with Gasteiger partial charge in [-0.2, -0.15) is 0 Å². The van der Waals surface area contributed by atoms with Gasteiger partial charge in [0.05, 0.1) is 6.42 Å². The van der Waals surface area contributed by atoms with Crippen LogP contribution in [-0.4, -0.2) is 5.91 Å².